The van der Waals surface area contributed by atoms with Crippen LogP contribution < -0.4 is 10.6 Å². The van der Waals surface area contributed by atoms with Crippen molar-refractivity contribution in [1.82, 2.24) is 15.5 Å². The third kappa shape index (κ3) is 11.3. The van der Waals surface area contributed by atoms with Crippen molar-refractivity contribution in [2.45, 2.75) is 83.7 Å². The Bertz CT molecular complexity index is 1570. The summed E-state index contributed by atoms with van der Waals surface area (Å²) in [6, 6.07) is 21.7. The lowest BCUT2D eigenvalue weighted by Crippen LogP contribution is -2.54. The zero-order chi connectivity index (χ0) is 34.8. The predicted octanol–water partition coefficient (Wildman–Crippen LogP) is 5.37. The van der Waals surface area contributed by atoms with Crippen LogP contribution in [0, 0.1) is 12.3 Å². The molecule has 47 heavy (non-hydrogen) atoms. The van der Waals surface area contributed by atoms with E-state index in [4.69, 9.17) is 15.9 Å². The van der Waals surface area contributed by atoms with E-state index in [2.05, 4.69) is 16.6 Å². The van der Waals surface area contributed by atoms with Crippen molar-refractivity contribution >= 4 is 23.9 Å². The van der Waals surface area contributed by atoms with Crippen LogP contribution in [-0.4, -0.2) is 59.1 Å². The molecule has 0 aliphatic heterocycles. The number of hydrogen-bond acceptors (Lipinski definition) is 6. The van der Waals surface area contributed by atoms with Crippen molar-refractivity contribution in [3.8, 4) is 12.3 Å². The maximum Gasteiger partial charge on any atom is 0.408 e. The number of carbonyl (C=O) groups is 4. The van der Waals surface area contributed by atoms with Crippen LogP contribution >= 0.6 is 0 Å². The molecule has 3 amide bonds. The highest BCUT2D eigenvalue weighted by Gasteiger charge is 2.37. The molecule has 0 spiro atoms. The van der Waals surface area contributed by atoms with Crippen molar-refractivity contribution in [1.29, 1.82) is 0 Å². The molecule has 2 N–H and O–H groups in total. The Kier molecular flexibility index (Phi) is 12.3. The molecule has 0 saturated heterocycles. The van der Waals surface area contributed by atoms with Gasteiger partial charge in [-0.25, -0.2) is 9.59 Å². The quantitative estimate of drug-likeness (QED) is 0.215. The Hall–Kier alpha value is -5.10. The summed E-state index contributed by atoms with van der Waals surface area (Å²) in [5.41, 5.74) is 0.744. The van der Waals surface area contributed by atoms with Crippen LogP contribution in [-0.2, 0) is 36.7 Å². The average molecular weight is 640 g/mol. The first-order chi connectivity index (χ1) is 22.1. The SMILES string of the molecule is C#Cc1ccccc1C(C(=O)NC(Cc1ccccc1)C(=O)OC(C)(C)C)N(C)C(=O)C(Cc1ccccc1)NC(=O)OC(C)(C)C. The highest BCUT2D eigenvalue weighted by atomic mass is 16.6. The average Bonchev–Trinajstić information content (AvgIpc) is 2.99. The van der Waals surface area contributed by atoms with Crippen LogP contribution in [0.4, 0.5) is 4.79 Å². The maximum atomic E-state index is 14.3. The lowest BCUT2D eigenvalue weighted by Gasteiger charge is -2.33. The monoisotopic (exact) mass is 639 g/mol. The summed E-state index contributed by atoms with van der Waals surface area (Å²) in [6.07, 6.45) is 5.34. The number of ether oxygens (including phenoxy) is 2. The summed E-state index contributed by atoms with van der Waals surface area (Å²) in [4.78, 5) is 56.2. The van der Waals surface area contributed by atoms with Crippen LogP contribution in [0.3, 0.4) is 0 Å². The van der Waals surface area contributed by atoms with Crippen molar-refractivity contribution in [3.63, 3.8) is 0 Å². The van der Waals surface area contributed by atoms with E-state index in [-0.39, 0.29) is 12.8 Å². The van der Waals surface area contributed by atoms with Crippen LogP contribution in [0.15, 0.2) is 84.9 Å². The number of alkyl carbamates (subject to hydrolysis) is 1. The second-order valence-electron chi connectivity index (χ2n) is 13.3. The van der Waals surface area contributed by atoms with Gasteiger partial charge in [0.15, 0.2) is 0 Å². The first kappa shape index (κ1) is 36.4. The fourth-order valence-electron chi connectivity index (χ4n) is 4.93. The second kappa shape index (κ2) is 15.9. The van der Waals surface area contributed by atoms with Crippen molar-refractivity contribution in [2.75, 3.05) is 7.05 Å². The van der Waals surface area contributed by atoms with Gasteiger partial charge in [0.05, 0.1) is 0 Å². The molecule has 9 nitrogen and oxygen atoms in total. The minimum Gasteiger partial charge on any atom is -0.458 e. The van der Waals surface area contributed by atoms with Crippen LogP contribution in [0.1, 0.15) is 69.8 Å². The third-order valence-electron chi connectivity index (χ3n) is 6.96. The number of rotatable bonds is 11. The number of hydrogen-bond donors (Lipinski definition) is 2. The first-order valence-corrected chi connectivity index (χ1v) is 15.5. The van der Waals surface area contributed by atoms with Gasteiger partial charge < -0.3 is 25.0 Å². The molecule has 0 saturated carbocycles. The van der Waals surface area contributed by atoms with Gasteiger partial charge in [0.1, 0.15) is 29.3 Å². The molecule has 0 bridgehead atoms. The van der Waals surface area contributed by atoms with E-state index in [1.165, 1.54) is 11.9 Å². The number of esters is 1. The van der Waals surface area contributed by atoms with Crippen LogP contribution in [0.25, 0.3) is 0 Å². The van der Waals surface area contributed by atoms with Crippen LogP contribution in [0.2, 0.25) is 0 Å². The third-order valence-corrected chi connectivity index (χ3v) is 6.96. The number of nitrogens with zero attached hydrogens (tertiary/aromatic N) is 1. The predicted molar refractivity (Wildman–Crippen MR) is 181 cm³/mol. The lowest BCUT2D eigenvalue weighted by atomic mass is 9.96. The summed E-state index contributed by atoms with van der Waals surface area (Å²) in [5.74, 6) is 0.762. The summed E-state index contributed by atoms with van der Waals surface area (Å²) in [5, 5.41) is 5.54. The van der Waals surface area contributed by atoms with Gasteiger partial charge in [0.25, 0.3) is 0 Å². The molecule has 9 heteroatoms. The molecule has 3 atom stereocenters. The summed E-state index contributed by atoms with van der Waals surface area (Å²) in [7, 11) is 1.47. The Morgan fingerprint density at radius 2 is 1.21 bits per heavy atom. The van der Waals surface area contributed by atoms with Crippen LogP contribution in [0.5, 0.6) is 0 Å². The van der Waals surface area contributed by atoms with Gasteiger partial charge in [-0.2, -0.15) is 0 Å². The summed E-state index contributed by atoms with van der Waals surface area (Å²) >= 11 is 0. The second-order valence-corrected chi connectivity index (χ2v) is 13.3. The van der Waals surface area contributed by atoms with E-state index in [9.17, 15) is 19.2 Å². The molecule has 3 rings (SSSR count). The standard InChI is InChI=1S/C38H45N3O6/c1-9-28-22-16-17-23-29(28)32(33(42)39-31(35(44)46-37(2,3)4)25-27-20-14-11-15-21-27)41(8)34(43)30(24-26-18-12-10-13-19-26)40-36(45)47-38(5,6)7/h1,10-23,30-32H,24-25H2,2-8H3,(H,39,42)(H,40,45). The highest BCUT2D eigenvalue weighted by Crippen LogP contribution is 2.26. The molecule has 0 heterocycles. The lowest BCUT2D eigenvalue weighted by molar-refractivity contribution is -0.159. The van der Waals surface area contributed by atoms with Gasteiger partial charge in [-0.05, 0) is 64.3 Å². The zero-order valence-corrected chi connectivity index (χ0v) is 28.2. The zero-order valence-electron chi connectivity index (χ0n) is 28.2. The van der Waals surface area contributed by atoms with Crippen molar-refractivity contribution < 1.29 is 28.7 Å². The molecule has 3 aromatic carbocycles. The summed E-state index contributed by atoms with van der Waals surface area (Å²) in [6.45, 7) is 10.4. The van der Waals surface area contributed by atoms with Crippen molar-refractivity contribution in [3.05, 3.63) is 107 Å². The van der Waals surface area contributed by atoms with E-state index in [0.29, 0.717) is 11.1 Å². The molecule has 0 radical (unpaired) electrons. The Labute approximate surface area is 278 Å². The molecular formula is C38H45N3O6. The minimum atomic E-state index is -1.27. The van der Waals surface area contributed by atoms with Gasteiger partial charge in [0.2, 0.25) is 11.8 Å². The van der Waals surface area contributed by atoms with E-state index < -0.39 is 53.2 Å². The number of benzene rings is 3. The van der Waals surface area contributed by atoms with E-state index in [0.717, 1.165) is 11.1 Å². The topological polar surface area (TPSA) is 114 Å². The highest BCUT2D eigenvalue weighted by molar-refractivity contribution is 5.94. The summed E-state index contributed by atoms with van der Waals surface area (Å²) < 4.78 is 11.1. The van der Waals surface area contributed by atoms with Crippen molar-refractivity contribution in [2.24, 2.45) is 0 Å². The molecule has 3 aromatic rings. The van der Waals surface area contributed by atoms with Gasteiger partial charge in [-0.3, -0.25) is 9.59 Å². The van der Waals surface area contributed by atoms with E-state index >= 15 is 0 Å². The number of nitrogens with one attached hydrogen (secondary N) is 2. The first-order valence-electron chi connectivity index (χ1n) is 15.5. The van der Waals surface area contributed by atoms with E-state index in [1.54, 1.807) is 65.8 Å². The number of amides is 3. The van der Waals surface area contributed by atoms with Gasteiger partial charge in [0, 0.05) is 25.5 Å². The molecular weight excluding hydrogens is 594 g/mol. The molecule has 3 unspecified atom stereocenters. The molecule has 0 aliphatic rings. The Morgan fingerprint density at radius 3 is 1.72 bits per heavy atom. The minimum absolute atomic E-state index is 0.128. The van der Waals surface area contributed by atoms with Gasteiger partial charge in [-0.15, -0.1) is 6.42 Å². The fraction of sp³-hybridized carbons (Fsp3) is 0.368. The normalized spacial score (nSPS) is 13.2. The fourth-order valence-corrected chi connectivity index (χ4v) is 4.93. The Morgan fingerprint density at radius 1 is 0.723 bits per heavy atom. The molecule has 0 aliphatic carbocycles. The largest absolute Gasteiger partial charge is 0.458 e. The number of terminal acetylenes is 1. The molecule has 248 valence electrons. The number of likely N-dealkylation sites (N-methyl/N-ethyl adjacent to an activating group) is 1. The van der Waals surface area contributed by atoms with Gasteiger partial charge in [-0.1, -0.05) is 84.8 Å². The number of carbonyl (C=O) groups excluding carboxylic acids is 4. The molecule has 0 fully saturated rings. The smallest absolute Gasteiger partial charge is 0.408 e. The Balaban J connectivity index is 2.03. The maximum absolute atomic E-state index is 14.3. The van der Waals surface area contributed by atoms with Gasteiger partial charge >= 0.3 is 12.1 Å². The van der Waals surface area contributed by atoms with E-state index in [1.807, 2.05) is 60.7 Å². The molecule has 0 aromatic heterocycles.